The molecule has 0 saturated heterocycles. The molecular weight excluding hydrogens is 264 g/mol. The lowest BCUT2D eigenvalue weighted by molar-refractivity contribution is -0.384. The first-order chi connectivity index (χ1) is 10.0. The van der Waals surface area contributed by atoms with E-state index in [1.165, 1.54) is 17.2 Å². The molecule has 0 spiro atoms. The second kappa shape index (κ2) is 6.39. The van der Waals surface area contributed by atoms with Crippen molar-refractivity contribution in [2.75, 3.05) is 5.32 Å². The smallest absolute Gasteiger partial charge is 0.269 e. The third-order valence-electron chi connectivity index (χ3n) is 3.68. The summed E-state index contributed by atoms with van der Waals surface area (Å²) in [5.74, 6) is 0. The third kappa shape index (κ3) is 3.40. The number of benzene rings is 2. The van der Waals surface area contributed by atoms with Gasteiger partial charge in [0.15, 0.2) is 0 Å². The fraction of sp³-hybridized carbons (Fsp3) is 0.294. The highest BCUT2D eigenvalue weighted by Gasteiger charge is 2.13. The minimum Gasteiger partial charge on any atom is -0.378 e. The molecule has 2 rings (SSSR count). The Kier molecular flexibility index (Phi) is 4.58. The van der Waals surface area contributed by atoms with Crippen LogP contribution in [0, 0.1) is 17.0 Å². The average Bonchev–Trinajstić information content (AvgIpc) is 2.49. The van der Waals surface area contributed by atoms with Crippen molar-refractivity contribution in [2.45, 2.75) is 33.2 Å². The Labute approximate surface area is 125 Å². The van der Waals surface area contributed by atoms with Crippen molar-refractivity contribution in [3.05, 3.63) is 69.3 Å². The molecular formula is C17H20N2O2. The summed E-state index contributed by atoms with van der Waals surface area (Å²) in [6.45, 7) is 6.21. The molecule has 0 aliphatic rings. The molecule has 0 aliphatic carbocycles. The molecule has 2 aromatic rings. The summed E-state index contributed by atoms with van der Waals surface area (Å²) in [4.78, 5) is 10.5. The Balaban J connectivity index is 2.28. The van der Waals surface area contributed by atoms with Gasteiger partial charge in [0.2, 0.25) is 0 Å². The van der Waals surface area contributed by atoms with E-state index in [4.69, 9.17) is 0 Å². The van der Waals surface area contributed by atoms with Crippen LogP contribution in [0.15, 0.2) is 42.5 Å². The summed E-state index contributed by atoms with van der Waals surface area (Å²) in [5.41, 5.74) is 4.61. The predicted molar refractivity (Wildman–Crippen MR) is 85.7 cm³/mol. The van der Waals surface area contributed by atoms with Gasteiger partial charge in [0.1, 0.15) is 0 Å². The number of hydrogen-bond donors (Lipinski definition) is 1. The molecule has 0 saturated carbocycles. The fourth-order valence-corrected chi connectivity index (χ4v) is 2.44. The third-order valence-corrected chi connectivity index (χ3v) is 3.68. The Hall–Kier alpha value is -2.36. The number of non-ortho nitro benzene ring substituents is 1. The normalized spacial score (nSPS) is 12.0. The van der Waals surface area contributed by atoms with E-state index in [9.17, 15) is 10.1 Å². The Morgan fingerprint density at radius 3 is 2.62 bits per heavy atom. The number of hydrogen-bond acceptors (Lipinski definition) is 3. The highest BCUT2D eigenvalue weighted by molar-refractivity contribution is 5.58. The molecule has 0 radical (unpaired) electrons. The monoisotopic (exact) mass is 284 g/mol. The van der Waals surface area contributed by atoms with Crippen LogP contribution >= 0.6 is 0 Å². The molecule has 0 fully saturated rings. The van der Waals surface area contributed by atoms with Gasteiger partial charge in [0.05, 0.1) is 4.92 Å². The summed E-state index contributed by atoms with van der Waals surface area (Å²) < 4.78 is 0. The minimum absolute atomic E-state index is 0.0105. The standard InChI is InChI=1S/C17H20N2O2/c1-4-14-8-5-7-12(2)17(14)18-13(3)15-9-6-10-16(11-15)19(20)21/h5-11,13,18H,4H2,1-3H3. The van der Waals surface area contributed by atoms with Crippen LogP contribution in [0.25, 0.3) is 0 Å². The van der Waals surface area contributed by atoms with Crippen LogP contribution in [0.2, 0.25) is 0 Å². The quantitative estimate of drug-likeness (QED) is 0.643. The van der Waals surface area contributed by atoms with E-state index in [1.807, 2.05) is 13.0 Å². The van der Waals surface area contributed by atoms with E-state index in [1.54, 1.807) is 12.1 Å². The Morgan fingerprint density at radius 1 is 1.24 bits per heavy atom. The second-order valence-electron chi connectivity index (χ2n) is 5.18. The van der Waals surface area contributed by atoms with E-state index in [0.29, 0.717) is 0 Å². The van der Waals surface area contributed by atoms with Crippen molar-refractivity contribution in [3.63, 3.8) is 0 Å². The second-order valence-corrected chi connectivity index (χ2v) is 5.18. The van der Waals surface area contributed by atoms with Gasteiger partial charge < -0.3 is 5.32 Å². The van der Waals surface area contributed by atoms with Crippen molar-refractivity contribution in [3.8, 4) is 0 Å². The SMILES string of the molecule is CCc1cccc(C)c1NC(C)c1cccc([N+](=O)[O-])c1. The molecule has 4 heteroatoms. The van der Waals surface area contributed by atoms with Gasteiger partial charge in [0.25, 0.3) is 5.69 Å². The number of aryl methyl sites for hydroxylation is 2. The van der Waals surface area contributed by atoms with E-state index in [-0.39, 0.29) is 16.7 Å². The number of rotatable bonds is 5. The summed E-state index contributed by atoms with van der Waals surface area (Å²) in [7, 11) is 0. The molecule has 110 valence electrons. The van der Waals surface area contributed by atoms with Gasteiger partial charge in [-0.2, -0.15) is 0 Å². The molecule has 0 bridgehead atoms. The van der Waals surface area contributed by atoms with E-state index < -0.39 is 0 Å². The van der Waals surface area contributed by atoms with Gasteiger partial charge in [-0.05, 0) is 37.0 Å². The zero-order valence-corrected chi connectivity index (χ0v) is 12.6. The summed E-state index contributed by atoms with van der Waals surface area (Å²) in [5, 5.41) is 14.4. The number of nitro groups is 1. The zero-order valence-electron chi connectivity index (χ0n) is 12.6. The molecule has 0 aliphatic heterocycles. The maximum Gasteiger partial charge on any atom is 0.269 e. The van der Waals surface area contributed by atoms with E-state index >= 15 is 0 Å². The van der Waals surface area contributed by atoms with Crippen LogP contribution in [0.3, 0.4) is 0 Å². The van der Waals surface area contributed by atoms with Crippen LogP contribution in [0.1, 0.15) is 36.6 Å². The molecule has 4 nitrogen and oxygen atoms in total. The predicted octanol–water partition coefficient (Wildman–Crippen LogP) is 4.64. The summed E-state index contributed by atoms with van der Waals surface area (Å²) in [6.07, 6.45) is 0.950. The zero-order chi connectivity index (χ0) is 15.4. The van der Waals surface area contributed by atoms with Gasteiger partial charge in [-0.15, -0.1) is 0 Å². The molecule has 1 unspecified atom stereocenters. The van der Waals surface area contributed by atoms with Crippen molar-refractivity contribution in [1.29, 1.82) is 0 Å². The summed E-state index contributed by atoms with van der Waals surface area (Å²) >= 11 is 0. The van der Waals surface area contributed by atoms with Crippen LogP contribution < -0.4 is 5.32 Å². The van der Waals surface area contributed by atoms with Crippen molar-refractivity contribution >= 4 is 11.4 Å². The van der Waals surface area contributed by atoms with Crippen LogP contribution in [-0.2, 0) is 6.42 Å². The van der Waals surface area contributed by atoms with Crippen LogP contribution in [0.5, 0.6) is 0 Å². The van der Waals surface area contributed by atoms with Gasteiger partial charge in [-0.1, -0.05) is 37.3 Å². The van der Waals surface area contributed by atoms with E-state index in [0.717, 1.165) is 17.7 Å². The lowest BCUT2D eigenvalue weighted by Gasteiger charge is -2.20. The highest BCUT2D eigenvalue weighted by Crippen LogP contribution is 2.27. The number of para-hydroxylation sites is 1. The van der Waals surface area contributed by atoms with Crippen LogP contribution in [-0.4, -0.2) is 4.92 Å². The first-order valence-electron chi connectivity index (χ1n) is 7.12. The highest BCUT2D eigenvalue weighted by atomic mass is 16.6. The average molecular weight is 284 g/mol. The fourth-order valence-electron chi connectivity index (χ4n) is 2.44. The maximum absolute atomic E-state index is 10.9. The minimum atomic E-state index is -0.360. The van der Waals surface area contributed by atoms with Gasteiger partial charge in [0, 0.05) is 23.9 Å². The topological polar surface area (TPSA) is 55.2 Å². The molecule has 1 atom stereocenters. The lowest BCUT2D eigenvalue weighted by Crippen LogP contribution is -2.10. The molecule has 2 aromatic carbocycles. The van der Waals surface area contributed by atoms with Crippen molar-refractivity contribution < 1.29 is 4.92 Å². The van der Waals surface area contributed by atoms with Crippen LogP contribution in [0.4, 0.5) is 11.4 Å². The molecule has 0 aromatic heterocycles. The number of anilines is 1. The molecule has 0 heterocycles. The Morgan fingerprint density at radius 2 is 1.95 bits per heavy atom. The molecule has 0 amide bonds. The van der Waals surface area contributed by atoms with Gasteiger partial charge >= 0.3 is 0 Å². The van der Waals surface area contributed by atoms with Crippen molar-refractivity contribution in [2.24, 2.45) is 0 Å². The number of nitrogens with one attached hydrogen (secondary N) is 1. The summed E-state index contributed by atoms with van der Waals surface area (Å²) in [6, 6.07) is 13.0. The van der Waals surface area contributed by atoms with Gasteiger partial charge in [-0.25, -0.2) is 0 Å². The first kappa shape index (κ1) is 15.0. The molecule has 1 N–H and O–H groups in total. The largest absolute Gasteiger partial charge is 0.378 e. The molecule has 21 heavy (non-hydrogen) atoms. The van der Waals surface area contributed by atoms with Gasteiger partial charge in [-0.3, -0.25) is 10.1 Å². The first-order valence-corrected chi connectivity index (χ1v) is 7.12. The number of nitrogens with zero attached hydrogens (tertiary/aromatic N) is 1. The van der Waals surface area contributed by atoms with Crippen molar-refractivity contribution in [1.82, 2.24) is 0 Å². The maximum atomic E-state index is 10.9. The lowest BCUT2D eigenvalue weighted by atomic mass is 10.0. The van der Waals surface area contributed by atoms with E-state index in [2.05, 4.69) is 37.4 Å². The Bertz CT molecular complexity index is 653. The number of nitro benzene ring substituents is 1.